The number of rotatable bonds is 7. The van der Waals surface area contributed by atoms with E-state index in [9.17, 15) is 14.4 Å². The van der Waals surface area contributed by atoms with Gasteiger partial charge in [-0.05, 0) is 31.9 Å². The van der Waals surface area contributed by atoms with Crippen molar-refractivity contribution in [3.8, 4) is 0 Å². The molecule has 1 aromatic carbocycles. The molecule has 0 saturated carbocycles. The molecule has 2 amide bonds. The van der Waals surface area contributed by atoms with Crippen molar-refractivity contribution in [3.05, 3.63) is 30.1 Å². The van der Waals surface area contributed by atoms with Gasteiger partial charge in [-0.2, -0.15) is 0 Å². The van der Waals surface area contributed by atoms with Gasteiger partial charge in [-0.1, -0.05) is 12.1 Å². The molecule has 29 heavy (non-hydrogen) atoms. The molecule has 1 N–H and O–H groups in total. The number of aromatic nitrogens is 2. The van der Waals surface area contributed by atoms with Crippen molar-refractivity contribution in [1.82, 2.24) is 19.8 Å². The van der Waals surface area contributed by atoms with E-state index in [4.69, 9.17) is 4.74 Å². The van der Waals surface area contributed by atoms with Gasteiger partial charge < -0.3 is 19.5 Å². The van der Waals surface area contributed by atoms with Crippen LogP contribution in [0.15, 0.2) is 24.3 Å². The van der Waals surface area contributed by atoms with Gasteiger partial charge in [0, 0.05) is 33.0 Å². The van der Waals surface area contributed by atoms with Gasteiger partial charge in [0.05, 0.1) is 30.1 Å². The Kier molecular flexibility index (Phi) is 6.85. The van der Waals surface area contributed by atoms with Crippen LogP contribution in [0.5, 0.6) is 0 Å². The van der Waals surface area contributed by atoms with E-state index >= 15 is 0 Å². The molecule has 0 radical (unpaired) electrons. The Bertz CT molecular complexity index is 837. The maximum atomic E-state index is 12.5. The minimum Gasteiger partial charge on any atom is -0.466 e. The number of ether oxygens (including phenoxy) is 1. The molecule has 2 heterocycles. The molecule has 0 spiro atoms. The van der Waals surface area contributed by atoms with Gasteiger partial charge in [-0.3, -0.25) is 14.4 Å². The summed E-state index contributed by atoms with van der Waals surface area (Å²) in [5, 5.41) is 0. The average molecular weight is 400 g/mol. The van der Waals surface area contributed by atoms with Gasteiger partial charge in [0.15, 0.2) is 0 Å². The van der Waals surface area contributed by atoms with E-state index in [1.807, 2.05) is 24.3 Å². The number of likely N-dealkylation sites (N-methyl/N-ethyl adjacent to an activating group) is 1. The number of para-hydroxylation sites is 2. The Morgan fingerprint density at radius 2 is 1.97 bits per heavy atom. The second-order valence-electron chi connectivity index (χ2n) is 7.36. The molecular formula is C21H28N4O4. The van der Waals surface area contributed by atoms with Crippen molar-refractivity contribution in [2.24, 2.45) is 5.92 Å². The molecule has 1 fully saturated rings. The first-order valence-electron chi connectivity index (χ1n) is 10.1. The SMILES string of the molecule is CCOC(=O)C1CCN(C(=O)CN(C)C(=O)CCc2nc3ccccc3[nH]2)CC1. The molecular weight excluding hydrogens is 372 g/mol. The van der Waals surface area contributed by atoms with Gasteiger partial charge in [-0.25, -0.2) is 4.98 Å². The van der Waals surface area contributed by atoms with Crippen molar-refractivity contribution >= 4 is 28.8 Å². The van der Waals surface area contributed by atoms with Gasteiger partial charge in [0.1, 0.15) is 5.82 Å². The van der Waals surface area contributed by atoms with Crippen LogP contribution >= 0.6 is 0 Å². The lowest BCUT2D eigenvalue weighted by atomic mass is 9.97. The molecule has 0 atom stereocenters. The second-order valence-corrected chi connectivity index (χ2v) is 7.36. The number of esters is 1. The van der Waals surface area contributed by atoms with Crippen LogP contribution in [-0.4, -0.2) is 70.8 Å². The van der Waals surface area contributed by atoms with Crippen LogP contribution < -0.4 is 0 Å². The fraction of sp³-hybridized carbons (Fsp3) is 0.524. The summed E-state index contributed by atoms with van der Waals surface area (Å²) in [6.45, 7) is 3.24. The summed E-state index contributed by atoms with van der Waals surface area (Å²) in [7, 11) is 1.64. The standard InChI is InChI=1S/C21H28N4O4/c1-3-29-21(28)15-10-12-25(13-11-15)20(27)14-24(2)19(26)9-8-18-22-16-6-4-5-7-17(16)23-18/h4-7,15H,3,8-14H2,1-2H3,(H,22,23). The number of likely N-dealkylation sites (tertiary alicyclic amines) is 1. The number of imidazole rings is 1. The maximum Gasteiger partial charge on any atom is 0.309 e. The molecule has 0 bridgehead atoms. The summed E-state index contributed by atoms with van der Waals surface area (Å²) in [4.78, 5) is 47.6. The molecule has 8 heteroatoms. The number of aromatic amines is 1. The van der Waals surface area contributed by atoms with Gasteiger partial charge >= 0.3 is 5.97 Å². The van der Waals surface area contributed by atoms with Gasteiger partial charge in [-0.15, -0.1) is 0 Å². The van der Waals surface area contributed by atoms with Crippen LogP contribution in [-0.2, 0) is 25.5 Å². The van der Waals surface area contributed by atoms with Crippen molar-refractivity contribution in [2.75, 3.05) is 33.3 Å². The Hall–Kier alpha value is -2.90. The number of nitrogens with one attached hydrogen (secondary N) is 1. The first kappa shape index (κ1) is 20.8. The number of aryl methyl sites for hydroxylation is 1. The zero-order valence-electron chi connectivity index (χ0n) is 17.0. The lowest BCUT2D eigenvalue weighted by Gasteiger charge is -2.32. The topological polar surface area (TPSA) is 95.6 Å². The number of nitrogens with zero attached hydrogens (tertiary/aromatic N) is 3. The summed E-state index contributed by atoms with van der Waals surface area (Å²) < 4.78 is 5.05. The Morgan fingerprint density at radius 3 is 2.66 bits per heavy atom. The van der Waals surface area contributed by atoms with E-state index in [0.717, 1.165) is 16.9 Å². The largest absolute Gasteiger partial charge is 0.466 e. The number of carbonyl (C=O) groups is 3. The summed E-state index contributed by atoms with van der Waals surface area (Å²) in [5.74, 6) is 0.257. The first-order valence-corrected chi connectivity index (χ1v) is 10.1. The van der Waals surface area contributed by atoms with Crippen LogP contribution in [0.2, 0.25) is 0 Å². The molecule has 1 saturated heterocycles. The quantitative estimate of drug-likeness (QED) is 0.715. The van der Waals surface area contributed by atoms with Crippen LogP contribution in [0.1, 0.15) is 32.0 Å². The molecule has 3 rings (SSSR count). The molecule has 1 aliphatic heterocycles. The first-order chi connectivity index (χ1) is 14.0. The van der Waals surface area contributed by atoms with E-state index in [1.165, 1.54) is 4.90 Å². The number of hydrogen-bond acceptors (Lipinski definition) is 5. The molecule has 0 aliphatic carbocycles. The highest BCUT2D eigenvalue weighted by atomic mass is 16.5. The fourth-order valence-electron chi connectivity index (χ4n) is 3.56. The van der Waals surface area contributed by atoms with Crippen LogP contribution in [0, 0.1) is 5.92 Å². The number of H-pyrrole nitrogens is 1. The Labute approximate surface area is 170 Å². The molecule has 1 aliphatic rings. The van der Waals surface area contributed by atoms with Crippen molar-refractivity contribution in [2.45, 2.75) is 32.6 Å². The highest BCUT2D eigenvalue weighted by Gasteiger charge is 2.28. The highest BCUT2D eigenvalue weighted by Crippen LogP contribution is 2.19. The molecule has 156 valence electrons. The molecule has 8 nitrogen and oxygen atoms in total. The lowest BCUT2D eigenvalue weighted by molar-refractivity contribution is -0.151. The van der Waals surface area contributed by atoms with Crippen LogP contribution in [0.25, 0.3) is 11.0 Å². The highest BCUT2D eigenvalue weighted by molar-refractivity contribution is 5.85. The van der Waals surface area contributed by atoms with Crippen molar-refractivity contribution in [1.29, 1.82) is 0 Å². The Balaban J connectivity index is 1.43. The minimum absolute atomic E-state index is 0.0447. The maximum absolute atomic E-state index is 12.5. The average Bonchev–Trinajstić information content (AvgIpc) is 3.15. The summed E-state index contributed by atoms with van der Waals surface area (Å²) >= 11 is 0. The predicted octanol–water partition coefficient (Wildman–Crippen LogP) is 1.76. The summed E-state index contributed by atoms with van der Waals surface area (Å²) in [6, 6.07) is 7.73. The zero-order chi connectivity index (χ0) is 20.8. The van der Waals surface area contributed by atoms with Crippen LogP contribution in [0.3, 0.4) is 0 Å². The normalized spacial score (nSPS) is 14.8. The number of amides is 2. The molecule has 1 aromatic heterocycles. The zero-order valence-corrected chi connectivity index (χ0v) is 17.0. The summed E-state index contributed by atoms with van der Waals surface area (Å²) in [5.41, 5.74) is 1.83. The third kappa shape index (κ3) is 5.34. The van der Waals surface area contributed by atoms with Crippen LogP contribution in [0.4, 0.5) is 0 Å². The number of piperidine rings is 1. The predicted molar refractivity (Wildman–Crippen MR) is 108 cm³/mol. The lowest BCUT2D eigenvalue weighted by Crippen LogP contribution is -2.45. The molecule has 2 aromatic rings. The number of hydrogen-bond donors (Lipinski definition) is 1. The van der Waals surface area contributed by atoms with E-state index in [2.05, 4.69) is 9.97 Å². The Morgan fingerprint density at radius 1 is 1.24 bits per heavy atom. The van der Waals surface area contributed by atoms with Gasteiger partial charge in [0.2, 0.25) is 11.8 Å². The van der Waals surface area contributed by atoms with Gasteiger partial charge in [0.25, 0.3) is 0 Å². The fourth-order valence-corrected chi connectivity index (χ4v) is 3.56. The summed E-state index contributed by atoms with van der Waals surface area (Å²) in [6.07, 6.45) is 1.99. The molecule has 0 unspecified atom stereocenters. The number of fused-ring (bicyclic) bond motifs is 1. The van der Waals surface area contributed by atoms with Crippen molar-refractivity contribution < 1.29 is 19.1 Å². The third-order valence-electron chi connectivity index (χ3n) is 5.28. The smallest absolute Gasteiger partial charge is 0.309 e. The number of benzene rings is 1. The van der Waals surface area contributed by atoms with E-state index in [0.29, 0.717) is 39.0 Å². The third-order valence-corrected chi connectivity index (χ3v) is 5.28. The minimum atomic E-state index is -0.183. The van der Waals surface area contributed by atoms with E-state index in [-0.39, 0.29) is 36.7 Å². The van der Waals surface area contributed by atoms with E-state index < -0.39 is 0 Å². The number of carbonyl (C=O) groups excluding carboxylic acids is 3. The monoisotopic (exact) mass is 400 g/mol. The van der Waals surface area contributed by atoms with E-state index in [1.54, 1.807) is 18.9 Å². The second kappa shape index (κ2) is 9.54. The van der Waals surface area contributed by atoms with Crippen molar-refractivity contribution in [3.63, 3.8) is 0 Å².